The summed E-state index contributed by atoms with van der Waals surface area (Å²) in [6.45, 7) is 0.375. The molecule has 0 aliphatic carbocycles. The van der Waals surface area contributed by atoms with Gasteiger partial charge in [-0.15, -0.1) is 0 Å². The first-order chi connectivity index (χ1) is 8.24. The molecule has 0 aliphatic rings. The van der Waals surface area contributed by atoms with Gasteiger partial charge in [0.25, 0.3) is 0 Å². The Kier molecular flexibility index (Phi) is 3.20. The second-order valence-corrected chi connectivity index (χ2v) is 3.52. The number of hydrogen-bond donors (Lipinski definition) is 3. The van der Waals surface area contributed by atoms with Crippen LogP contribution in [-0.4, -0.2) is 34.3 Å². The Hall–Kier alpha value is -2.14. The lowest BCUT2D eigenvalue weighted by atomic mass is 10.1. The predicted octanol–water partition coefficient (Wildman–Crippen LogP) is 1.34. The van der Waals surface area contributed by atoms with Crippen molar-refractivity contribution >= 4 is 22.6 Å². The van der Waals surface area contributed by atoms with Gasteiger partial charge in [0, 0.05) is 23.5 Å². The minimum Gasteiger partial charge on any atom is -0.478 e. The Morgan fingerprint density at radius 3 is 2.82 bits per heavy atom. The fourth-order valence-electron chi connectivity index (χ4n) is 1.71. The number of aliphatic hydroxyl groups excluding tert-OH is 1. The molecule has 2 rings (SSSR count). The Balaban J connectivity index is 2.57. The number of nitrogens with zero attached hydrogens (tertiary/aromatic N) is 1. The number of carbonyl (C=O) groups is 1. The highest BCUT2D eigenvalue weighted by atomic mass is 16.4. The lowest BCUT2D eigenvalue weighted by Gasteiger charge is -2.08. The molecule has 1 heterocycles. The Labute approximate surface area is 97.7 Å². The fourth-order valence-corrected chi connectivity index (χ4v) is 1.71. The summed E-state index contributed by atoms with van der Waals surface area (Å²) in [6.07, 6.45) is 1.55. The zero-order valence-electron chi connectivity index (χ0n) is 9.05. The highest BCUT2D eigenvalue weighted by Crippen LogP contribution is 2.23. The second-order valence-electron chi connectivity index (χ2n) is 3.52. The number of rotatable bonds is 4. The van der Waals surface area contributed by atoms with Crippen molar-refractivity contribution in [3.63, 3.8) is 0 Å². The van der Waals surface area contributed by atoms with Crippen LogP contribution < -0.4 is 5.32 Å². The van der Waals surface area contributed by atoms with Gasteiger partial charge in [-0.2, -0.15) is 0 Å². The molecule has 3 N–H and O–H groups in total. The molecule has 0 amide bonds. The smallest absolute Gasteiger partial charge is 0.336 e. The molecule has 0 atom stereocenters. The standard InChI is InChI=1S/C12H12N2O3/c15-7-6-14-11-9-2-1-3-10(12(16)17)8(9)4-5-13-11/h1-5,15H,6-7H2,(H,13,14)(H,16,17). The first-order valence-corrected chi connectivity index (χ1v) is 5.20. The minimum absolute atomic E-state index is 0.00328. The molecule has 0 spiro atoms. The van der Waals surface area contributed by atoms with E-state index in [0.717, 1.165) is 5.39 Å². The maximum absolute atomic E-state index is 11.1. The summed E-state index contributed by atoms with van der Waals surface area (Å²) in [5.41, 5.74) is 0.247. The van der Waals surface area contributed by atoms with Gasteiger partial charge in [-0.3, -0.25) is 0 Å². The van der Waals surface area contributed by atoms with Crippen LogP contribution in [0.5, 0.6) is 0 Å². The number of carboxylic acids is 1. The average Bonchev–Trinajstić information content (AvgIpc) is 2.35. The number of fused-ring (bicyclic) bond motifs is 1. The van der Waals surface area contributed by atoms with Crippen molar-refractivity contribution < 1.29 is 15.0 Å². The molecule has 1 aromatic heterocycles. The third-order valence-electron chi connectivity index (χ3n) is 2.44. The monoisotopic (exact) mass is 232 g/mol. The number of pyridine rings is 1. The zero-order valence-corrected chi connectivity index (χ0v) is 9.05. The van der Waals surface area contributed by atoms with Crippen molar-refractivity contribution in [1.29, 1.82) is 0 Å². The number of aromatic nitrogens is 1. The van der Waals surface area contributed by atoms with Crippen molar-refractivity contribution in [2.24, 2.45) is 0 Å². The van der Waals surface area contributed by atoms with Crippen molar-refractivity contribution in [2.75, 3.05) is 18.5 Å². The van der Waals surface area contributed by atoms with E-state index in [2.05, 4.69) is 10.3 Å². The third kappa shape index (κ3) is 2.19. The molecule has 0 unspecified atom stereocenters. The lowest BCUT2D eigenvalue weighted by Crippen LogP contribution is -2.07. The van der Waals surface area contributed by atoms with Gasteiger partial charge in [-0.1, -0.05) is 12.1 Å². The second kappa shape index (κ2) is 4.80. The maximum atomic E-state index is 11.1. The first kappa shape index (κ1) is 11.3. The molecule has 0 bridgehead atoms. The summed E-state index contributed by atoms with van der Waals surface area (Å²) in [4.78, 5) is 15.2. The van der Waals surface area contributed by atoms with Crippen molar-refractivity contribution in [2.45, 2.75) is 0 Å². The molecule has 0 aliphatic heterocycles. The topological polar surface area (TPSA) is 82.5 Å². The van der Waals surface area contributed by atoms with E-state index in [1.54, 1.807) is 30.5 Å². The molecule has 17 heavy (non-hydrogen) atoms. The van der Waals surface area contributed by atoms with Gasteiger partial charge in [0.2, 0.25) is 0 Å². The molecule has 5 heteroatoms. The molecular formula is C12H12N2O3. The lowest BCUT2D eigenvalue weighted by molar-refractivity contribution is 0.0699. The van der Waals surface area contributed by atoms with Crippen molar-refractivity contribution in [3.8, 4) is 0 Å². The van der Waals surface area contributed by atoms with Crippen LogP contribution in [0.4, 0.5) is 5.82 Å². The van der Waals surface area contributed by atoms with Crippen LogP contribution in [0.3, 0.4) is 0 Å². The van der Waals surface area contributed by atoms with Crippen LogP contribution in [0.2, 0.25) is 0 Å². The molecule has 0 radical (unpaired) electrons. The van der Waals surface area contributed by atoms with E-state index in [0.29, 0.717) is 17.7 Å². The summed E-state index contributed by atoms with van der Waals surface area (Å²) in [5, 5.41) is 22.1. The normalized spacial score (nSPS) is 10.4. The molecule has 2 aromatic rings. The van der Waals surface area contributed by atoms with E-state index in [-0.39, 0.29) is 12.2 Å². The number of anilines is 1. The zero-order chi connectivity index (χ0) is 12.3. The van der Waals surface area contributed by atoms with Crippen LogP contribution in [-0.2, 0) is 0 Å². The molecule has 0 fully saturated rings. The minimum atomic E-state index is -0.963. The highest BCUT2D eigenvalue weighted by Gasteiger charge is 2.10. The highest BCUT2D eigenvalue weighted by molar-refractivity contribution is 6.06. The van der Waals surface area contributed by atoms with E-state index >= 15 is 0 Å². The van der Waals surface area contributed by atoms with Crippen LogP contribution in [0.25, 0.3) is 10.8 Å². The van der Waals surface area contributed by atoms with E-state index in [1.165, 1.54) is 0 Å². The summed E-state index contributed by atoms with van der Waals surface area (Å²) in [5.74, 6) is -0.380. The summed E-state index contributed by atoms with van der Waals surface area (Å²) in [7, 11) is 0. The third-order valence-corrected chi connectivity index (χ3v) is 2.44. The number of hydrogen-bond acceptors (Lipinski definition) is 4. The molecule has 88 valence electrons. The molecule has 5 nitrogen and oxygen atoms in total. The number of aromatic carboxylic acids is 1. The SMILES string of the molecule is O=C(O)c1cccc2c(NCCO)nccc12. The number of nitrogens with one attached hydrogen (secondary N) is 1. The predicted molar refractivity (Wildman–Crippen MR) is 64.3 cm³/mol. The van der Waals surface area contributed by atoms with Gasteiger partial charge in [0.05, 0.1) is 12.2 Å². The molecule has 0 saturated carbocycles. The van der Waals surface area contributed by atoms with Gasteiger partial charge in [0.1, 0.15) is 5.82 Å². The van der Waals surface area contributed by atoms with Gasteiger partial charge >= 0.3 is 5.97 Å². The molecular weight excluding hydrogens is 220 g/mol. The van der Waals surface area contributed by atoms with Gasteiger partial charge in [-0.25, -0.2) is 9.78 Å². The average molecular weight is 232 g/mol. The van der Waals surface area contributed by atoms with E-state index < -0.39 is 5.97 Å². The van der Waals surface area contributed by atoms with Crippen LogP contribution in [0.1, 0.15) is 10.4 Å². The van der Waals surface area contributed by atoms with Crippen LogP contribution >= 0.6 is 0 Å². The summed E-state index contributed by atoms with van der Waals surface area (Å²) >= 11 is 0. The van der Waals surface area contributed by atoms with E-state index in [4.69, 9.17) is 10.2 Å². The van der Waals surface area contributed by atoms with E-state index in [9.17, 15) is 4.79 Å². The Morgan fingerprint density at radius 2 is 2.12 bits per heavy atom. The van der Waals surface area contributed by atoms with Crippen molar-refractivity contribution in [1.82, 2.24) is 4.98 Å². The molecule has 1 aromatic carbocycles. The number of aliphatic hydroxyl groups is 1. The van der Waals surface area contributed by atoms with Crippen LogP contribution in [0.15, 0.2) is 30.5 Å². The van der Waals surface area contributed by atoms with Crippen LogP contribution in [0, 0.1) is 0 Å². The molecule has 0 saturated heterocycles. The van der Waals surface area contributed by atoms with Gasteiger partial charge in [0.15, 0.2) is 0 Å². The largest absolute Gasteiger partial charge is 0.478 e. The van der Waals surface area contributed by atoms with Crippen molar-refractivity contribution in [3.05, 3.63) is 36.0 Å². The number of benzene rings is 1. The van der Waals surface area contributed by atoms with Gasteiger partial charge in [-0.05, 0) is 12.1 Å². The Morgan fingerprint density at radius 1 is 1.29 bits per heavy atom. The maximum Gasteiger partial charge on any atom is 0.336 e. The fraction of sp³-hybridized carbons (Fsp3) is 0.167. The first-order valence-electron chi connectivity index (χ1n) is 5.20. The van der Waals surface area contributed by atoms with E-state index in [1.807, 2.05) is 0 Å². The quantitative estimate of drug-likeness (QED) is 0.741. The Bertz CT molecular complexity index is 554. The summed E-state index contributed by atoms with van der Waals surface area (Å²) < 4.78 is 0. The number of carboxylic acid groups (broad SMARTS) is 1. The van der Waals surface area contributed by atoms with Gasteiger partial charge < -0.3 is 15.5 Å². The summed E-state index contributed by atoms with van der Waals surface area (Å²) in [6, 6.07) is 6.70.